The summed E-state index contributed by atoms with van der Waals surface area (Å²) in [7, 11) is 0. The molecule has 4 aliphatic heterocycles. The number of hydrogen-bond donors (Lipinski definition) is 0. The molecule has 0 radical (unpaired) electrons. The van der Waals surface area contributed by atoms with Gasteiger partial charge in [0.15, 0.2) is 0 Å². The first kappa shape index (κ1) is 58.5. The normalized spacial score (nSPS) is 12.4. The molecule has 4 aliphatic rings. The van der Waals surface area contributed by atoms with E-state index in [1.807, 2.05) is 0 Å². The lowest BCUT2D eigenvalue weighted by atomic mass is 9.34. The maximum Gasteiger partial charge on any atom is 0.244 e. The van der Waals surface area contributed by atoms with E-state index in [-0.39, 0.29) is 13.4 Å². The van der Waals surface area contributed by atoms with E-state index in [1.165, 1.54) is 176 Å². The third-order valence-electron chi connectivity index (χ3n) is 23.0. The molecule has 0 atom stereocenters. The zero-order valence-corrected chi connectivity index (χ0v) is 56.8. The van der Waals surface area contributed by atoms with Gasteiger partial charge in [-0.25, -0.2) is 0 Å². The zero-order valence-electron chi connectivity index (χ0n) is 56.8. The maximum atomic E-state index is 2.72. The highest BCUT2D eigenvalue weighted by molar-refractivity contribution is 7.03. The van der Waals surface area contributed by atoms with Gasteiger partial charge in [0.25, 0.3) is 0 Å². The lowest BCUT2D eigenvalue weighted by Crippen LogP contribution is -2.53. The van der Waals surface area contributed by atoms with E-state index in [0.29, 0.717) is 0 Å². The molecule has 18 aromatic carbocycles. The summed E-state index contributed by atoms with van der Waals surface area (Å²) in [5.74, 6) is 0. The Balaban J connectivity index is 0.973. The Hall–Kier alpha value is -13.3. The third kappa shape index (κ3) is 8.67. The van der Waals surface area contributed by atoms with Crippen LogP contribution in [0, 0.1) is 0 Å². The average Bonchev–Trinajstić information content (AvgIpc) is 1.26. The van der Waals surface area contributed by atoms with Crippen LogP contribution in [0.3, 0.4) is 0 Å². The SMILES string of the molecule is c1ccc(-c2cccc(-c3ccccc3)c2-c2cc3c4c(cc5c(-c6c(-c7ccccc7)cccc6-c6ccccc6)cc6c7c(cc2c4c57)B2c4ccccc4-c4cc(N(c5ccccc5)c5ccccc5)cc-6c42)B2c4ccccc4-c4cc(N(c5ccccc5)c5ccccc5)cc-3c42)cc1. The van der Waals surface area contributed by atoms with Crippen molar-refractivity contribution in [2.24, 2.45) is 0 Å². The lowest BCUT2D eigenvalue weighted by Gasteiger charge is -2.34. The summed E-state index contributed by atoms with van der Waals surface area (Å²) in [5, 5.41) is 7.76. The molecule has 0 fully saturated rings. The maximum absolute atomic E-state index is 2.72. The number of hydrogen-bond acceptors (Lipinski definition) is 2. The summed E-state index contributed by atoms with van der Waals surface area (Å²) < 4.78 is 0. The monoisotopic (exact) mass is 1310 g/mol. The fourth-order valence-electron chi connectivity index (χ4n) is 18.9. The van der Waals surface area contributed by atoms with Crippen molar-refractivity contribution in [3.63, 3.8) is 0 Å². The number of nitrogens with zero attached hydrogens (tertiary/aromatic N) is 2. The van der Waals surface area contributed by atoms with Crippen LogP contribution in [-0.4, -0.2) is 13.4 Å². The van der Waals surface area contributed by atoms with E-state index >= 15 is 0 Å². The van der Waals surface area contributed by atoms with Crippen LogP contribution in [0.1, 0.15) is 0 Å². The minimum atomic E-state index is -0.0824. The first-order chi connectivity index (χ1) is 51.7. The van der Waals surface area contributed by atoms with Gasteiger partial charge in [-0.15, -0.1) is 0 Å². The Morgan fingerprint density at radius 1 is 0.163 bits per heavy atom. The van der Waals surface area contributed by atoms with E-state index in [2.05, 4.69) is 386 Å². The molecule has 0 amide bonds. The van der Waals surface area contributed by atoms with Gasteiger partial charge in [0.1, 0.15) is 0 Å². The van der Waals surface area contributed by atoms with Crippen molar-refractivity contribution in [3.05, 3.63) is 376 Å². The largest absolute Gasteiger partial charge is 0.310 e. The van der Waals surface area contributed by atoms with Crippen LogP contribution in [0.25, 0.3) is 144 Å². The second-order valence-electron chi connectivity index (χ2n) is 28.4. The molecule has 0 saturated carbocycles. The molecule has 478 valence electrons. The summed E-state index contributed by atoms with van der Waals surface area (Å²) in [5.41, 5.74) is 39.2. The molecule has 4 heterocycles. The van der Waals surface area contributed by atoms with Gasteiger partial charge < -0.3 is 9.80 Å². The summed E-state index contributed by atoms with van der Waals surface area (Å²) in [6.45, 7) is -0.165. The van der Waals surface area contributed by atoms with Gasteiger partial charge >= 0.3 is 0 Å². The molecule has 22 rings (SSSR count). The smallest absolute Gasteiger partial charge is 0.244 e. The van der Waals surface area contributed by atoms with Crippen molar-refractivity contribution in [3.8, 4) is 111 Å². The molecule has 0 bridgehead atoms. The minimum Gasteiger partial charge on any atom is -0.310 e. The lowest BCUT2D eigenvalue weighted by molar-refractivity contribution is 1.29. The van der Waals surface area contributed by atoms with Crippen molar-refractivity contribution >= 4 is 113 Å². The van der Waals surface area contributed by atoms with Crippen LogP contribution in [-0.2, 0) is 0 Å². The van der Waals surface area contributed by atoms with Crippen molar-refractivity contribution in [1.82, 2.24) is 0 Å². The molecule has 0 aliphatic carbocycles. The Bertz CT molecular complexity index is 5910. The third-order valence-corrected chi connectivity index (χ3v) is 23.0. The quantitative estimate of drug-likeness (QED) is 0.0889. The highest BCUT2D eigenvalue weighted by atomic mass is 15.1. The Morgan fingerprint density at radius 3 is 0.731 bits per heavy atom. The van der Waals surface area contributed by atoms with Crippen molar-refractivity contribution in [1.29, 1.82) is 0 Å². The highest BCUT2D eigenvalue weighted by Crippen LogP contribution is 2.56. The minimum absolute atomic E-state index is 0.0824. The number of fused-ring (bicyclic) bond motifs is 10. The van der Waals surface area contributed by atoms with Crippen LogP contribution in [0.5, 0.6) is 0 Å². The highest BCUT2D eigenvalue weighted by Gasteiger charge is 2.46. The predicted molar refractivity (Wildman–Crippen MR) is 443 cm³/mol. The molecular weight excluding hydrogens is 1250 g/mol. The van der Waals surface area contributed by atoms with E-state index in [9.17, 15) is 0 Å². The molecule has 0 N–H and O–H groups in total. The van der Waals surface area contributed by atoms with Crippen LogP contribution in [0.15, 0.2) is 376 Å². The van der Waals surface area contributed by atoms with Crippen LogP contribution in [0.4, 0.5) is 34.1 Å². The van der Waals surface area contributed by atoms with Crippen molar-refractivity contribution in [2.45, 2.75) is 0 Å². The summed E-state index contributed by atoms with van der Waals surface area (Å²) >= 11 is 0. The van der Waals surface area contributed by atoms with Crippen molar-refractivity contribution < 1.29 is 0 Å². The molecule has 0 aromatic heterocycles. The fourth-order valence-corrected chi connectivity index (χ4v) is 18.9. The number of benzene rings is 18. The second-order valence-corrected chi connectivity index (χ2v) is 28.4. The number of anilines is 6. The molecular formula is C100H62B2N2. The Labute approximate surface area is 605 Å². The van der Waals surface area contributed by atoms with Gasteiger partial charge in [-0.1, -0.05) is 324 Å². The van der Waals surface area contributed by atoms with Crippen LogP contribution < -0.4 is 42.6 Å². The number of rotatable bonds is 12. The first-order valence-electron chi connectivity index (χ1n) is 36.4. The molecule has 2 nitrogen and oxygen atoms in total. The molecule has 4 heteroatoms. The van der Waals surface area contributed by atoms with E-state index in [4.69, 9.17) is 0 Å². The van der Waals surface area contributed by atoms with Gasteiger partial charge in [0.2, 0.25) is 13.4 Å². The predicted octanol–water partition coefficient (Wildman–Crippen LogP) is 22.5. The van der Waals surface area contributed by atoms with E-state index < -0.39 is 0 Å². The van der Waals surface area contributed by atoms with Crippen LogP contribution >= 0.6 is 0 Å². The number of para-hydroxylation sites is 4. The van der Waals surface area contributed by atoms with E-state index in [0.717, 1.165) is 34.1 Å². The van der Waals surface area contributed by atoms with Gasteiger partial charge in [0, 0.05) is 34.1 Å². The molecule has 0 unspecified atom stereocenters. The molecule has 0 spiro atoms. The standard InChI is InChI=1S/C100H62B2N2/c1-9-31-63(32-10-1)73-49-29-50-74(64-33-11-2-12-34-64)93(73)79-59-81-87-57-71(103(67-39-17-5-18-40-67)68-41-19-6-20-42-68)55-85-77-47-26-28-54-90(77)102(99(85)87)92-62-84-80(94-75(65-35-13-3-14-36-65)51-30-52-76(94)66-37-15-4-16-38-66)60-82-88-58-72(104(69-43-21-7-22-44-69)70-45-23-8-24-46-70)56-86-78-48-25-27-53-89(78)101(100(86)88)91-61-83(79)97(95(81)92)98(84)96(82)91/h1-62H. The van der Waals surface area contributed by atoms with E-state index in [1.54, 1.807) is 0 Å². The van der Waals surface area contributed by atoms with Crippen LogP contribution in [0.2, 0.25) is 0 Å². The van der Waals surface area contributed by atoms with Gasteiger partial charge in [-0.3, -0.25) is 0 Å². The van der Waals surface area contributed by atoms with Gasteiger partial charge in [-0.05, 0) is 229 Å². The first-order valence-corrected chi connectivity index (χ1v) is 36.4. The summed E-state index contributed by atoms with van der Waals surface area (Å²) in [4.78, 5) is 4.94. The average molecular weight is 1310 g/mol. The molecule has 18 aromatic rings. The Morgan fingerprint density at radius 2 is 0.423 bits per heavy atom. The molecule has 0 saturated heterocycles. The summed E-state index contributed by atoms with van der Waals surface area (Å²) in [6, 6.07) is 142. The second kappa shape index (κ2) is 23.1. The Kier molecular flexibility index (Phi) is 13.0. The fraction of sp³-hybridized carbons (Fsp3) is 0. The van der Waals surface area contributed by atoms with Crippen molar-refractivity contribution in [2.75, 3.05) is 9.80 Å². The molecule has 104 heavy (non-hydrogen) atoms. The van der Waals surface area contributed by atoms with Gasteiger partial charge in [-0.2, -0.15) is 0 Å². The summed E-state index contributed by atoms with van der Waals surface area (Å²) in [6.07, 6.45) is 0. The zero-order chi connectivity index (χ0) is 68.1. The van der Waals surface area contributed by atoms with Gasteiger partial charge in [0.05, 0.1) is 0 Å². The topological polar surface area (TPSA) is 6.48 Å².